The molecule has 210 valence electrons. The minimum atomic E-state index is -0.699. The van der Waals surface area contributed by atoms with Gasteiger partial charge in [0, 0.05) is 70.3 Å². The Bertz CT molecular complexity index is 1610. The van der Waals surface area contributed by atoms with E-state index in [1.54, 1.807) is 46.3 Å². The molecule has 1 aromatic carbocycles. The smallest absolute Gasteiger partial charge is 0.295 e. The topological polar surface area (TPSA) is 141 Å². The summed E-state index contributed by atoms with van der Waals surface area (Å²) < 4.78 is 1.46. The lowest BCUT2D eigenvalue weighted by molar-refractivity contribution is -0.127. The number of carbonyl (C=O) groups is 4. The predicted molar refractivity (Wildman–Crippen MR) is 148 cm³/mol. The van der Waals surface area contributed by atoms with E-state index in [9.17, 15) is 19.2 Å². The highest BCUT2D eigenvalue weighted by molar-refractivity contribution is 6.44. The van der Waals surface area contributed by atoms with E-state index in [0.29, 0.717) is 48.8 Å². The molecule has 2 fully saturated rings. The van der Waals surface area contributed by atoms with Crippen LogP contribution in [-0.2, 0) is 4.79 Å². The number of nitrogens with zero attached hydrogens (tertiary/aromatic N) is 8. The fourth-order valence-electron chi connectivity index (χ4n) is 5.14. The van der Waals surface area contributed by atoms with Crippen LogP contribution in [0.25, 0.3) is 16.9 Å². The van der Waals surface area contributed by atoms with E-state index in [-0.39, 0.29) is 36.0 Å². The minimum absolute atomic E-state index is 0.100. The third kappa shape index (κ3) is 5.07. The van der Waals surface area contributed by atoms with Crippen LogP contribution in [-0.4, -0.2) is 127 Å². The number of hydrogen-bond donors (Lipinski definition) is 1. The number of ketones is 1. The first-order chi connectivity index (χ1) is 19.9. The number of piperazine rings is 2. The van der Waals surface area contributed by atoms with Gasteiger partial charge in [-0.25, -0.2) is 14.6 Å². The number of H-pyrrole nitrogens is 1. The fourth-order valence-corrected chi connectivity index (χ4v) is 5.14. The van der Waals surface area contributed by atoms with Gasteiger partial charge >= 0.3 is 0 Å². The summed E-state index contributed by atoms with van der Waals surface area (Å²) in [5.41, 5.74) is 1.71. The van der Waals surface area contributed by atoms with Crippen molar-refractivity contribution in [1.29, 1.82) is 0 Å². The summed E-state index contributed by atoms with van der Waals surface area (Å²) in [4.78, 5) is 70.8. The Morgan fingerprint density at radius 1 is 0.780 bits per heavy atom. The zero-order chi connectivity index (χ0) is 28.5. The van der Waals surface area contributed by atoms with Crippen LogP contribution in [0.5, 0.6) is 0 Å². The Balaban J connectivity index is 1.15. The quantitative estimate of drug-likeness (QED) is 0.280. The molecule has 41 heavy (non-hydrogen) atoms. The van der Waals surface area contributed by atoms with Gasteiger partial charge in [0.2, 0.25) is 0 Å². The first-order valence-corrected chi connectivity index (χ1v) is 13.4. The number of hydrogen-bond acceptors (Lipinski definition) is 8. The molecule has 3 aromatic heterocycles. The SMILES string of the molecule is CN1CCN(C(=O)c2ccn(-c3ncnc4c(C(=O)C(=O)N5CCN(C(=O)c6ccccc6)CC5)c[nH]c34)n2)CC1. The second-order valence-electron chi connectivity index (χ2n) is 10.1. The molecule has 1 N–H and O–H groups in total. The largest absolute Gasteiger partial charge is 0.356 e. The minimum Gasteiger partial charge on any atom is -0.356 e. The zero-order valence-corrected chi connectivity index (χ0v) is 22.6. The van der Waals surface area contributed by atoms with Crippen LogP contribution in [0.3, 0.4) is 0 Å². The first-order valence-electron chi connectivity index (χ1n) is 13.4. The van der Waals surface area contributed by atoms with Gasteiger partial charge in [0.05, 0.1) is 5.56 Å². The van der Waals surface area contributed by atoms with E-state index in [4.69, 9.17) is 0 Å². The average Bonchev–Trinajstić information content (AvgIpc) is 3.69. The monoisotopic (exact) mass is 555 g/mol. The maximum atomic E-state index is 13.3. The molecule has 0 atom stereocenters. The lowest BCUT2D eigenvalue weighted by Gasteiger charge is -2.34. The average molecular weight is 556 g/mol. The predicted octanol–water partition coefficient (Wildman–Crippen LogP) is 0.699. The Morgan fingerprint density at radius 2 is 1.44 bits per heavy atom. The number of carbonyl (C=O) groups excluding carboxylic acids is 4. The number of aromatic amines is 1. The number of Topliss-reactive ketones (excluding diaryl/α,β-unsaturated/α-hetero) is 1. The van der Waals surface area contributed by atoms with Crippen LogP contribution >= 0.6 is 0 Å². The molecule has 5 heterocycles. The van der Waals surface area contributed by atoms with Crippen molar-refractivity contribution in [3.63, 3.8) is 0 Å². The van der Waals surface area contributed by atoms with Crippen LogP contribution in [0.2, 0.25) is 0 Å². The fraction of sp³-hybridized carbons (Fsp3) is 0.321. The van der Waals surface area contributed by atoms with Crippen LogP contribution < -0.4 is 0 Å². The molecule has 6 rings (SSSR count). The van der Waals surface area contributed by atoms with Crippen molar-refractivity contribution >= 4 is 34.5 Å². The van der Waals surface area contributed by atoms with E-state index in [1.807, 2.05) is 13.1 Å². The summed E-state index contributed by atoms with van der Waals surface area (Å²) >= 11 is 0. The number of benzene rings is 1. The van der Waals surface area contributed by atoms with Crippen LogP contribution in [0.15, 0.2) is 55.1 Å². The summed E-state index contributed by atoms with van der Waals surface area (Å²) in [5, 5.41) is 4.44. The molecule has 2 aliphatic rings. The second kappa shape index (κ2) is 10.9. The molecule has 0 bridgehead atoms. The van der Waals surface area contributed by atoms with Crippen molar-refractivity contribution in [3.8, 4) is 5.82 Å². The Hall–Kier alpha value is -4.91. The van der Waals surface area contributed by atoms with Gasteiger partial charge in [-0.05, 0) is 25.2 Å². The molecule has 0 radical (unpaired) electrons. The number of aromatic nitrogens is 5. The molecule has 0 spiro atoms. The maximum absolute atomic E-state index is 13.3. The summed E-state index contributed by atoms with van der Waals surface area (Å²) in [7, 11) is 2.02. The third-order valence-electron chi connectivity index (χ3n) is 7.57. The molecule has 0 aliphatic carbocycles. The van der Waals surface area contributed by atoms with Crippen molar-refractivity contribution in [2.75, 3.05) is 59.4 Å². The molecule has 3 amide bonds. The Labute approximate surface area is 235 Å². The van der Waals surface area contributed by atoms with Gasteiger partial charge in [0.1, 0.15) is 17.4 Å². The highest BCUT2D eigenvalue weighted by atomic mass is 16.2. The van der Waals surface area contributed by atoms with Gasteiger partial charge in [-0.3, -0.25) is 19.2 Å². The molecule has 0 saturated carbocycles. The van der Waals surface area contributed by atoms with Gasteiger partial charge in [-0.1, -0.05) is 18.2 Å². The van der Waals surface area contributed by atoms with Crippen molar-refractivity contribution in [1.82, 2.24) is 44.3 Å². The number of fused-ring (bicyclic) bond motifs is 1. The lowest BCUT2D eigenvalue weighted by atomic mass is 10.1. The summed E-state index contributed by atoms with van der Waals surface area (Å²) in [6.45, 7) is 4.05. The maximum Gasteiger partial charge on any atom is 0.295 e. The normalized spacial score (nSPS) is 16.3. The van der Waals surface area contributed by atoms with Gasteiger partial charge in [-0.15, -0.1) is 0 Å². The Kier molecular flexibility index (Phi) is 7.01. The lowest BCUT2D eigenvalue weighted by Crippen LogP contribution is -2.52. The first kappa shape index (κ1) is 26.3. The molecule has 13 heteroatoms. The summed E-state index contributed by atoms with van der Waals surface area (Å²) in [6, 6.07) is 10.6. The van der Waals surface area contributed by atoms with E-state index in [1.165, 1.54) is 22.1 Å². The van der Waals surface area contributed by atoms with Gasteiger partial charge in [0.25, 0.3) is 23.5 Å². The second-order valence-corrected chi connectivity index (χ2v) is 10.1. The van der Waals surface area contributed by atoms with Crippen LogP contribution in [0, 0.1) is 0 Å². The van der Waals surface area contributed by atoms with Crippen LogP contribution in [0.4, 0.5) is 0 Å². The van der Waals surface area contributed by atoms with Crippen molar-refractivity contribution in [2.45, 2.75) is 0 Å². The highest BCUT2D eigenvalue weighted by Crippen LogP contribution is 2.22. The number of amides is 3. The van der Waals surface area contributed by atoms with E-state index in [0.717, 1.165) is 13.1 Å². The highest BCUT2D eigenvalue weighted by Gasteiger charge is 2.31. The summed E-state index contributed by atoms with van der Waals surface area (Å²) in [6.07, 6.45) is 4.37. The molecule has 2 aliphatic heterocycles. The molecule has 4 aromatic rings. The van der Waals surface area contributed by atoms with Crippen molar-refractivity contribution in [2.24, 2.45) is 0 Å². The van der Waals surface area contributed by atoms with Gasteiger partial charge in [0.15, 0.2) is 11.5 Å². The molecule has 0 unspecified atom stereocenters. The van der Waals surface area contributed by atoms with Gasteiger partial charge < -0.3 is 24.6 Å². The number of likely N-dealkylation sites (N-methyl/N-ethyl adjacent to an activating group) is 1. The van der Waals surface area contributed by atoms with E-state index < -0.39 is 11.7 Å². The summed E-state index contributed by atoms with van der Waals surface area (Å²) in [5.74, 6) is -1.25. The molecular formula is C28H29N9O4. The van der Waals surface area contributed by atoms with Gasteiger partial charge in [-0.2, -0.15) is 5.10 Å². The molecule has 13 nitrogen and oxygen atoms in total. The van der Waals surface area contributed by atoms with Crippen molar-refractivity contribution < 1.29 is 19.2 Å². The Morgan fingerprint density at radius 3 is 2.17 bits per heavy atom. The number of rotatable bonds is 5. The van der Waals surface area contributed by atoms with Crippen LogP contribution in [0.1, 0.15) is 31.2 Å². The zero-order valence-electron chi connectivity index (χ0n) is 22.6. The molecule has 2 saturated heterocycles. The third-order valence-corrected chi connectivity index (χ3v) is 7.57. The molecular weight excluding hydrogens is 526 g/mol. The van der Waals surface area contributed by atoms with E-state index in [2.05, 4.69) is 25.0 Å². The van der Waals surface area contributed by atoms with E-state index >= 15 is 0 Å². The standard InChI is InChI=1S/C28H29N9O4/c1-33-9-11-35(12-10-33)27(40)21-7-8-37(32-21)25-23-22(30-18-31-25)20(17-29-23)24(38)28(41)36-15-13-34(14-16-36)26(39)19-5-3-2-4-6-19/h2-8,17-18,29H,9-16H2,1H3. The van der Waals surface area contributed by atoms with Crippen molar-refractivity contribution in [3.05, 3.63) is 71.9 Å². The number of nitrogens with one attached hydrogen (secondary N) is 1.